The van der Waals surface area contributed by atoms with Crippen molar-refractivity contribution in [2.24, 2.45) is 5.92 Å². The first-order valence-corrected chi connectivity index (χ1v) is 7.62. The van der Waals surface area contributed by atoms with E-state index in [0.29, 0.717) is 12.0 Å². The fraction of sp³-hybridized carbons (Fsp3) is 0.471. The number of aromatic nitrogens is 1. The number of carbonyl (C=O) groups excluding carboxylic acids is 1. The summed E-state index contributed by atoms with van der Waals surface area (Å²) in [5.74, 6) is 0.460. The second-order valence-corrected chi connectivity index (χ2v) is 6.33. The predicted molar refractivity (Wildman–Crippen MR) is 81.9 cm³/mol. The van der Waals surface area contributed by atoms with Crippen molar-refractivity contribution in [2.75, 3.05) is 7.11 Å². The van der Waals surface area contributed by atoms with Crippen LogP contribution < -0.4 is 5.32 Å². The minimum absolute atomic E-state index is 0.125. The van der Waals surface area contributed by atoms with Gasteiger partial charge in [0.2, 0.25) is 0 Å². The van der Waals surface area contributed by atoms with Gasteiger partial charge >= 0.3 is 5.97 Å². The number of hydrogen-bond donors (Lipinski definition) is 2. The molecule has 0 radical (unpaired) electrons. The highest BCUT2D eigenvalue weighted by Crippen LogP contribution is 2.31. The molecule has 3 N–H and O–H groups in total. The number of para-hydroxylation sites is 1. The highest BCUT2D eigenvalue weighted by molar-refractivity contribution is 5.86. The Morgan fingerprint density at radius 2 is 2.19 bits per heavy atom. The van der Waals surface area contributed by atoms with Crippen molar-refractivity contribution in [3.05, 3.63) is 35.5 Å². The smallest absolute Gasteiger partial charge is 0.364 e. The van der Waals surface area contributed by atoms with Crippen LogP contribution in [0.25, 0.3) is 10.9 Å². The summed E-state index contributed by atoms with van der Waals surface area (Å²) >= 11 is 0. The number of esters is 1. The highest BCUT2D eigenvalue weighted by atomic mass is 16.5. The lowest BCUT2D eigenvalue weighted by atomic mass is 9.90. The van der Waals surface area contributed by atoms with Crippen LogP contribution in [0, 0.1) is 5.92 Å². The van der Waals surface area contributed by atoms with E-state index in [1.807, 2.05) is 6.07 Å². The number of quaternary nitrogens is 1. The molecule has 1 aromatic carbocycles. The summed E-state index contributed by atoms with van der Waals surface area (Å²) in [7, 11) is 1.47. The summed E-state index contributed by atoms with van der Waals surface area (Å²) in [4.78, 5) is 15.6. The Morgan fingerprint density at radius 1 is 1.43 bits per heavy atom. The molecule has 4 heteroatoms. The molecule has 1 aliphatic rings. The molecule has 2 aromatic rings. The molecule has 0 saturated heterocycles. The van der Waals surface area contributed by atoms with Gasteiger partial charge in [-0.2, -0.15) is 0 Å². The zero-order chi connectivity index (χ0) is 15.0. The van der Waals surface area contributed by atoms with Gasteiger partial charge in [-0.15, -0.1) is 0 Å². The molecule has 2 heterocycles. The Labute approximate surface area is 124 Å². The molecule has 2 atom stereocenters. The van der Waals surface area contributed by atoms with Gasteiger partial charge in [0.1, 0.15) is 6.04 Å². The minimum Gasteiger partial charge on any atom is -0.465 e. The number of nitrogens with one attached hydrogen (secondary N) is 1. The first kappa shape index (κ1) is 14.1. The third-order valence-corrected chi connectivity index (χ3v) is 4.34. The summed E-state index contributed by atoms with van der Waals surface area (Å²) < 4.78 is 4.97. The molecule has 21 heavy (non-hydrogen) atoms. The molecule has 0 amide bonds. The molecule has 2 unspecified atom stereocenters. The van der Waals surface area contributed by atoms with E-state index in [2.05, 4.69) is 42.3 Å². The third-order valence-electron chi connectivity index (χ3n) is 4.34. The quantitative estimate of drug-likeness (QED) is 0.847. The van der Waals surface area contributed by atoms with E-state index in [-0.39, 0.29) is 12.0 Å². The van der Waals surface area contributed by atoms with Crippen molar-refractivity contribution in [1.29, 1.82) is 0 Å². The monoisotopic (exact) mass is 287 g/mol. The van der Waals surface area contributed by atoms with Crippen molar-refractivity contribution < 1.29 is 14.8 Å². The standard InChI is InChI=1S/C17H22N2O2/c1-10(2)8-14-16-12(9-15(18-14)17(20)21-3)11-6-4-5-7-13(11)19-16/h4-7,10,14-15,18-19H,8-9H2,1-3H3/p+1. The zero-order valence-electron chi connectivity index (χ0n) is 12.8. The van der Waals surface area contributed by atoms with Gasteiger partial charge in [0.25, 0.3) is 0 Å². The van der Waals surface area contributed by atoms with E-state index in [0.717, 1.165) is 18.4 Å². The van der Waals surface area contributed by atoms with Gasteiger partial charge < -0.3 is 15.0 Å². The van der Waals surface area contributed by atoms with Crippen LogP contribution in [-0.4, -0.2) is 24.1 Å². The number of benzene rings is 1. The Morgan fingerprint density at radius 3 is 2.90 bits per heavy atom. The van der Waals surface area contributed by atoms with Gasteiger partial charge in [0.15, 0.2) is 6.04 Å². The van der Waals surface area contributed by atoms with Crippen molar-refractivity contribution >= 4 is 16.9 Å². The second-order valence-electron chi connectivity index (χ2n) is 6.33. The average Bonchev–Trinajstić information content (AvgIpc) is 2.85. The van der Waals surface area contributed by atoms with E-state index in [1.165, 1.54) is 23.8 Å². The van der Waals surface area contributed by atoms with Crippen LogP contribution in [0.3, 0.4) is 0 Å². The van der Waals surface area contributed by atoms with Crippen LogP contribution >= 0.6 is 0 Å². The highest BCUT2D eigenvalue weighted by Gasteiger charge is 2.37. The number of fused-ring (bicyclic) bond motifs is 3. The lowest BCUT2D eigenvalue weighted by Crippen LogP contribution is -2.94. The number of H-pyrrole nitrogens is 1. The molecule has 0 bridgehead atoms. The van der Waals surface area contributed by atoms with Crippen LogP contribution in [0.15, 0.2) is 24.3 Å². The maximum atomic E-state index is 12.0. The molecule has 1 aromatic heterocycles. The molecular formula is C17H23N2O2+. The van der Waals surface area contributed by atoms with E-state index in [9.17, 15) is 4.79 Å². The van der Waals surface area contributed by atoms with Gasteiger partial charge in [-0.1, -0.05) is 32.0 Å². The van der Waals surface area contributed by atoms with Crippen molar-refractivity contribution in [3.63, 3.8) is 0 Å². The largest absolute Gasteiger partial charge is 0.465 e. The molecule has 1 aliphatic heterocycles. The van der Waals surface area contributed by atoms with Gasteiger partial charge in [-0.25, -0.2) is 4.79 Å². The van der Waals surface area contributed by atoms with E-state index in [4.69, 9.17) is 4.74 Å². The van der Waals surface area contributed by atoms with E-state index >= 15 is 0 Å². The van der Waals surface area contributed by atoms with E-state index in [1.54, 1.807) is 0 Å². The van der Waals surface area contributed by atoms with E-state index < -0.39 is 0 Å². The Kier molecular flexibility index (Phi) is 3.72. The summed E-state index contributed by atoms with van der Waals surface area (Å²) in [5.41, 5.74) is 3.73. The summed E-state index contributed by atoms with van der Waals surface area (Å²) in [5, 5.41) is 3.41. The lowest BCUT2D eigenvalue weighted by Gasteiger charge is -2.27. The minimum atomic E-state index is -0.134. The van der Waals surface area contributed by atoms with Gasteiger partial charge in [-0.3, -0.25) is 0 Å². The Hall–Kier alpha value is -1.81. The molecule has 3 rings (SSSR count). The molecule has 0 fully saturated rings. The van der Waals surface area contributed by atoms with Gasteiger partial charge in [0, 0.05) is 23.7 Å². The number of nitrogens with two attached hydrogens (primary N) is 1. The zero-order valence-corrected chi connectivity index (χ0v) is 12.8. The maximum Gasteiger partial charge on any atom is 0.364 e. The van der Waals surface area contributed by atoms with Crippen molar-refractivity contribution in [3.8, 4) is 0 Å². The van der Waals surface area contributed by atoms with Crippen LogP contribution in [0.4, 0.5) is 0 Å². The third kappa shape index (κ3) is 2.56. The number of ether oxygens (including phenoxy) is 1. The number of methoxy groups -OCH3 is 1. The van der Waals surface area contributed by atoms with Crippen LogP contribution in [-0.2, 0) is 16.0 Å². The predicted octanol–water partition coefficient (Wildman–Crippen LogP) is 1.92. The molecule has 112 valence electrons. The average molecular weight is 287 g/mol. The van der Waals surface area contributed by atoms with Crippen LogP contribution in [0.2, 0.25) is 0 Å². The second kappa shape index (κ2) is 5.53. The maximum absolute atomic E-state index is 12.0. The van der Waals surface area contributed by atoms with Crippen molar-refractivity contribution in [2.45, 2.75) is 38.8 Å². The molecule has 0 aliphatic carbocycles. The summed E-state index contributed by atoms with van der Waals surface area (Å²) in [6.07, 6.45) is 1.79. The Bertz CT molecular complexity index is 660. The summed E-state index contributed by atoms with van der Waals surface area (Å²) in [6, 6.07) is 8.50. The Balaban J connectivity index is 2.05. The topological polar surface area (TPSA) is 58.7 Å². The van der Waals surface area contributed by atoms with Gasteiger partial charge in [-0.05, 0) is 17.5 Å². The fourth-order valence-corrected chi connectivity index (χ4v) is 3.44. The number of rotatable bonds is 3. The summed E-state index contributed by atoms with van der Waals surface area (Å²) in [6.45, 7) is 4.44. The molecule has 0 spiro atoms. The van der Waals surface area contributed by atoms with Crippen molar-refractivity contribution in [1.82, 2.24) is 4.98 Å². The normalized spacial score (nSPS) is 21.5. The SMILES string of the molecule is COC(=O)C1Cc2c([nH]c3ccccc23)C(CC(C)C)[NH2+]1. The molecular weight excluding hydrogens is 264 g/mol. The van der Waals surface area contributed by atoms with Gasteiger partial charge in [0.05, 0.1) is 12.8 Å². The first-order chi connectivity index (χ1) is 10.1. The van der Waals surface area contributed by atoms with Crippen LogP contribution in [0.5, 0.6) is 0 Å². The van der Waals surface area contributed by atoms with Crippen LogP contribution in [0.1, 0.15) is 37.6 Å². The fourth-order valence-electron chi connectivity index (χ4n) is 3.44. The molecule has 0 saturated carbocycles. The number of aromatic amines is 1. The number of carbonyl (C=O) groups is 1. The first-order valence-electron chi connectivity index (χ1n) is 7.62. The lowest BCUT2D eigenvalue weighted by molar-refractivity contribution is -0.722. The molecule has 4 nitrogen and oxygen atoms in total. The number of hydrogen-bond acceptors (Lipinski definition) is 2.